The summed E-state index contributed by atoms with van der Waals surface area (Å²) in [5.74, 6) is 0.450. The number of anilines is 1. The number of rotatable bonds is 1. The van der Waals surface area contributed by atoms with Gasteiger partial charge < -0.3 is 4.90 Å². The molecule has 0 saturated heterocycles. The molecule has 2 heterocycles. The Morgan fingerprint density at radius 1 is 0.944 bits per heavy atom. The minimum absolute atomic E-state index is 0.271. The van der Waals surface area contributed by atoms with Gasteiger partial charge in [0.25, 0.3) is 0 Å². The zero-order valence-corrected chi connectivity index (χ0v) is 11.7. The van der Waals surface area contributed by atoms with E-state index in [2.05, 4.69) is 16.9 Å². The van der Waals surface area contributed by atoms with E-state index < -0.39 is 0 Å². The van der Waals surface area contributed by atoms with E-state index in [1.54, 1.807) is 9.30 Å². The molecule has 0 saturated carbocycles. The molecule has 0 amide bonds. The van der Waals surface area contributed by atoms with Crippen molar-refractivity contribution < 1.29 is 0 Å². The number of hydrogen-bond acceptors (Lipinski definition) is 4. The van der Waals surface area contributed by atoms with Crippen molar-refractivity contribution in [3.05, 3.63) is 32.9 Å². The lowest BCUT2D eigenvalue weighted by atomic mass is 10.0. The average molecular weight is 246 g/mol. The molecule has 0 spiro atoms. The van der Waals surface area contributed by atoms with Crippen LogP contribution >= 0.6 is 0 Å². The normalized spacial score (nSPS) is 11.0. The number of hydrogen-bond donors (Lipinski definition) is 0. The first-order chi connectivity index (χ1) is 8.34. The maximum atomic E-state index is 12.1. The first-order valence-electron chi connectivity index (χ1n) is 5.89. The van der Waals surface area contributed by atoms with Crippen molar-refractivity contribution >= 4 is 11.6 Å². The van der Waals surface area contributed by atoms with Gasteiger partial charge in [0.2, 0.25) is 5.95 Å². The highest BCUT2D eigenvalue weighted by Gasteiger charge is 2.14. The number of pyridine rings is 1. The van der Waals surface area contributed by atoms with Crippen LogP contribution in [0.3, 0.4) is 0 Å². The zero-order chi connectivity index (χ0) is 13.6. The number of fused-ring (bicyclic) bond motifs is 1. The molecule has 5 nitrogen and oxygen atoms in total. The summed E-state index contributed by atoms with van der Waals surface area (Å²) in [6.07, 6.45) is 0. The molecule has 0 fully saturated rings. The van der Waals surface area contributed by atoms with Gasteiger partial charge in [-0.05, 0) is 44.4 Å². The number of aromatic nitrogens is 3. The fraction of sp³-hybridized carbons (Fsp3) is 0.462. The summed E-state index contributed by atoms with van der Waals surface area (Å²) in [6.45, 7) is 7.99. The molecular weight excluding hydrogens is 228 g/mol. The summed E-state index contributed by atoms with van der Waals surface area (Å²) in [5.41, 5.74) is 4.65. The summed E-state index contributed by atoms with van der Waals surface area (Å²) >= 11 is 0. The third-order valence-corrected chi connectivity index (χ3v) is 3.54. The average Bonchev–Trinajstić information content (AvgIpc) is 2.32. The highest BCUT2D eigenvalue weighted by Crippen LogP contribution is 2.20. The molecular formula is C13H18N4O. The molecule has 0 N–H and O–H groups in total. The van der Waals surface area contributed by atoms with Crippen molar-refractivity contribution in [2.75, 3.05) is 19.0 Å². The van der Waals surface area contributed by atoms with Crippen LogP contribution in [0, 0.1) is 27.7 Å². The van der Waals surface area contributed by atoms with Gasteiger partial charge in [0.1, 0.15) is 5.65 Å². The fourth-order valence-corrected chi connectivity index (χ4v) is 2.04. The van der Waals surface area contributed by atoms with E-state index in [-0.39, 0.29) is 5.69 Å². The third-order valence-electron chi connectivity index (χ3n) is 3.54. The molecule has 2 aromatic heterocycles. The molecule has 0 atom stereocenters. The van der Waals surface area contributed by atoms with Crippen molar-refractivity contribution in [2.45, 2.75) is 27.7 Å². The Bertz CT molecular complexity index is 686. The smallest absolute Gasteiger partial charge is 0.347 e. The van der Waals surface area contributed by atoms with Crippen molar-refractivity contribution in [3.63, 3.8) is 0 Å². The molecule has 2 rings (SSSR count). The zero-order valence-electron chi connectivity index (χ0n) is 11.7. The lowest BCUT2D eigenvalue weighted by Crippen LogP contribution is -2.26. The molecule has 96 valence electrons. The van der Waals surface area contributed by atoms with Crippen molar-refractivity contribution in [2.24, 2.45) is 0 Å². The third kappa shape index (κ3) is 1.66. The Hall–Kier alpha value is -1.91. The number of nitrogens with zero attached hydrogens (tertiary/aromatic N) is 4. The van der Waals surface area contributed by atoms with Gasteiger partial charge in [0, 0.05) is 19.8 Å². The van der Waals surface area contributed by atoms with Gasteiger partial charge in [0.05, 0.1) is 0 Å². The summed E-state index contributed by atoms with van der Waals surface area (Å²) in [5, 5.41) is 0. The van der Waals surface area contributed by atoms with Crippen LogP contribution in [-0.2, 0) is 0 Å². The Morgan fingerprint density at radius 2 is 1.56 bits per heavy atom. The van der Waals surface area contributed by atoms with Gasteiger partial charge in [-0.2, -0.15) is 9.97 Å². The highest BCUT2D eigenvalue weighted by atomic mass is 16.1. The first-order valence-corrected chi connectivity index (χ1v) is 5.89. The van der Waals surface area contributed by atoms with Crippen LogP contribution in [0.15, 0.2) is 4.79 Å². The Labute approximate surface area is 106 Å². The van der Waals surface area contributed by atoms with E-state index >= 15 is 0 Å². The first kappa shape index (κ1) is 12.5. The van der Waals surface area contributed by atoms with Gasteiger partial charge in [0.15, 0.2) is 0 Å². The van der Waals surface area contributed by atoms with E-state index in [1.165, 1.54) is 5.56 Å². The molecule has 0 aliphatic rings. The molecule has 0 unspecified atom stereocenters. The van der Waals surface area contributed by atoms with Gasteiger partial charge in [-0.25, -0.2) is 9.20 Å². The lowest BCUT2D eigenvalue weighted by molar-refractivity contribution is 0.863. The monoisotopic (exact) mass is 246 g/mol. The lowest BCUT2D eigenvalue weighted by Gasteiger charge is -2.16. The summed E-state index contributed by atoms with van der Waals surface area (Å²) in [6, 6.07) is 0. The predicted octanol–water partition coefficient (Wildman–Crippen LogP) is 1.39. The largest absolute Gasteiger partial charge is 0.356 e. The Balaban J connectivity index is 3.02. The van der Waals surface area contributed by atoms with E-state index in [1.807, 2.05) is 34.9 Å². The van der Waals surface area contributed by atoms with Gasteiger partial charge in [-0.15, -0.1) is 0 Å². The van der Waals surface area contributed by atoms with Gasteiger partial charge in [-0.1, -0.05) is 0 Å². The van der Waals surface area contributed by atoms with Crippen LogP contribution in [0.1, 0.15) is 22.4 Å². The molecule has 18 heavy (non-hydrogen) atoms. The minimum atomic E-state index is -0.271. The molecule has 0 radical (unpaired) electrons. The Kier molecular flexibility index (Phi) is 2.84. The Morgan fingerprint density at radius 3 is 2.11 bits per heavy atom. The summed E-state index contributed by atoms with van der Waals surface area (Å²) in [4.78, 5) is 22.3. The molecule has 5 heteroatoms. The van der Waals surface area contributed by atoms with E-state index in [4.69, 9.17) is 0 Å². The fourth-order valence-electron chi connectivity index (χ4n) is 2.04. The summed E-state index contributed by atoms with van der Waals surface area (Å²) < 4.78 is 1.59. The van der Waals surface area contributed by atoms with Crippen LogP contribution in [0.25, 0.3) is 5.65 Å². The second-order valence-electron chi connectivity index (χ2n) is 4.82. The van der Waals surface area contributed by atoms with Crippen LogP contribution in [0.2, 0.25) is 0 Å². The minimum Gasteiger partial charge on any atom is -0.347 e. The SMILES string of the molecule is Cc1c(C)c(C)n2c(=O)nc(N(C)C)nc2c1C. The van der Waals surface area contributed by atoms with E-state index in [0.717, 1.165) is 16.8 Å². The summed E-state index contributed by atoms with van der Waals surface area (Å²) in [7, 11) is 3.66. The predicted molar refractivity (Wildman–Crippen MR) is 72.5 cm³/mol. The quantitative estimate of drug-likeness (QED) is 0.763. The van der Waals surface area contributed by atoms with Gasteiger partial charge in [-0.3, -0.25) is 0 Å². The van der Waals surface area contributed by atoms with E-state index in [9.17, 15) is 4.79 Å². The van der Waals surface area contributed by atoms with E-state index in [0.29, 0.717) is 11.6 Å². The topological polar surface area (TPSA) is 50.5 Å². The molecule has 0 aliphatic heterocycles. The second kappa shape index (κ2) is 4.08. The van der Waals surface area contributed by atoms with Crippen molar-refractivity contribution in [3.8, 4) is 0 Å². The van der Waals surface area contributed by atoms with Crippen LogP contribution < -0.4 is 10.6 Å². The molecule has 0 aromatic carbocycles. The van der Waals surface area contributed by atoms with Crippen LogP contribution in [0.4, 0.5) is 5.95 Å². The maximum absolute atomic E-state index is 12.1. The van der Waals surface area contributed by atoms with Crippen molar-refractivity contribution in [1.29, 1.82) is 0 Å². The van der Waals surface area contributed by atoms with Crippen LogP contribution in [-0.4, -0.2) is 28.5 Å². The molecule has 2 aromatic rings. The van der Waals surface area contributed by atoms with Crippen molar-refractivity contribution in [1.82, 2.24) is 14.4 Å². The standard InChI is InChI=1S/C13H18N4O/c1-7-8(2)10(4)17-11(9(7)3)14-12(16(5)6)15-13(17)18/h1-6H3. The highest BCUT2D eigenvalue weighted by molar-refractivity contribution is 5.56. The van der Waals surface area contributed by atoms with Crippen LogP contribution in [0.5, 0.6) is 0 Å². The number of aryl methyl sites for hydroxylation is 2. The maximum Gasteiger partial charge on any atom is 0.356 e. The van der Waals surface area contributed by atoms with Gasteiger partial charge >= 0.3 is 5.69 Å². The molecule has 0 aliphatic carbocycles. The molecule has 0 bridgehead atoms. The second-order valence-corrected chi connectivity index (χ2v) is 4.82.